The normalized spacial score (nSPS) is 15.9. The van der Waals surface area contributed by atoms with Crippen molar-refractivity contribution in [2.75, 3.05) is 15.5 Å². The maximum Gasteiger partial charge on any atom is 0.424 e. The number of ether oxygens (including phenoxy) is 3. The second kappa shape index (κ2) is 13.7. The molecule has 2 heterocycles. The quantitative estimate of drug-likeness (QED) is 0.243. The molecule has 0 spiro atoms. The van der Waals surface area contributed by atoms with Crippen LogP contribution in [0, 0.1) is 30.1 Å². The topological polar surface area (TPSA) is 173 Å². The Labute approximate surface area is 286 Å². The first-order valence-corrected chi connectivity index (χ1v) is 16.0. The van der Waals surface area contributed by atoms with Crippen LogP contribution in [0.1, 0.15) is 80.7 Å². The minimum absolute atomic E-state index is 0.0327. The zero-order valence-electron chi connectivity index (χ0n) is 29.7. The highest BCUT2D eigenvalue weighted by atomic mass is 16.6. The van der Waals surface area contributed by atoms with Crippen molar-refractivity contribution < 1.29 is 33.4 Å². The lowest BCUT2D eigenvalue weighted by Crippen LogP contribution is -2.44. The summed E-state index contributed by atoms with van der Waals surface area (Å²) >= 11 is 0. The number of hydrogen-bond acceptors (Lipinski definition) is 10. The van der Waals surface area contributed by atoms with E-state index in [1.807, 2.05) is 6.07 Å². The molecule has 0 radical (unpaired) electrons. The van der Waals surface area contributed by atoms with Crippen molar-refractivity contribution in [2.45, 2.75) is 98.9 Å². The van der Waals surface area contributed by atoms with E-state index in [4.69, 9.17) is 19.5 Å². The molecule has 0 saturated heterocycles. The van der Waals surface area contributed by atoms with Gasteiger partial charge in [0.25, 0.3) is 0 Å². The number of nitriles is 1. The van der Waals surface area contributed by atoms with Crippen LogP contribution in [-0.2, 0) is 19.0 Å². The number of anilines is 3. The fourth-order valence-electron chi connectivity index (χ4n) is 5.05. The third-order valence-electron chi connectivity index (χ3n) is 7.23. The van der Waals surface area contributed by atoms with E-state index in [2.05, 4.69) is 26.7 Å². The highest BCUT2D eigenvalue weighted by Crippen LogP contribution is 2.42. The zero-order valence-corrected chi connectivity index (χ0v) is 29.7. The molecule has 0 unspecified atom stereocenters. The molecule has 49 heavy (non-hydrogen) atoms. The Morgan fingerprint density at radius 2 is 1.49 bits per heavy atom. The summed E-state index contributed by atoms with van der Waals surface area (Å²) in [5.74, 6) is -0.134. The number of aromatic nitrogens is 2. The first-order chi connectivity index (χ1) is 22.7. The molecule has 13 nitrogen and oxygen atoms in total. The van der Waals surface area contributed by atoms with Gasteiger partial charge in [-0.15, -0.1) is 0 Å². The number of carbonyl (C=O) groups is 4. The van der Waals surface area contributed by atoms with E-state index >= 15 is 0 Å². The van der Waals surface area contributed by atoms with Gasteiger partial charge in [0.2, 0.25) is 5.91 Å². The molecule has 3 aromatic rings. The zero-order chi connectivity index (χ0) is 36.5. The van der Waals surface area contributed by atoms with Gasteiger partial charge in [-0.1, -0.05) is 0 Å². The Hall–Kier alpha value is -5.25. The molecular formula is C36H44N6O7. The molecule has 13 heteroatoms. The monoisotopic (exact) mass is 672 g/mol. The van der Waals surface area contributed by atoms with E-state index in [0.717, 1.165) is 4.90 Å². The summed E-state index contributed by atoms with van der Waals surface area (Å²) in [6, 6.07) is 7.32. The summed E-state index contributed by atoms with van der Waals surface area (Å²) < 4.78 is 16.7. The minimum Gasteiger partial charge on any atom is -0.444 e. The number of nitrogens with zero attached hydrogens (tertiary/aromatic N) is 4. The van der Waals surface area contributed by atoms with Crippen LogP contribution >= 0.6 is 0 Å². The highest BCUT2D eigenvalue weighted by molar-refractivity contribution is 6.11. The van der Waals surface area contributed by atoms with Crippen LogP contribution < -0.4 is 15.5 Å². The lowest BCUT2D eigenvalue weighted by atomic mass is 9.97. The largest absolute Gasteiger partial charge is 0.444 e. The van der Waals surface area contributed by atoms with Crippen molar-refractivity contribution in [3.8, 4) is 17.2 Å². The number of nitrogens with one attached hydrogen (secondary N) is 2. The smallest absolute Gasteiger partial charge is 0.424 e. The average molecular weight is 673 g/mol. The van der Waals surface area contributed by atoms with Gasteiger partial charge in [-0.25, -0.2) is 19.4 Å². The number of amides is 4. The van der Waals surface area contributed by atoms with Gasteiger partial charge in [0.05, 0.1) is 23.6 Å². The number of rotatable bonds is 6. The molecule has 2 atom stereocenters. The van der Waals surface area contributed by atoms with Gasteiger partial charge in [-0.05, 0) is 116 Å². The predicted molar refractivity (Wildman–Crippen MR) is 185 cm³/mol. The van der Waals surface area contributed by atoms with E-state index in [9.17, 15) is 19.2 Å². The molecule has 1 aromatic carbocycles. The standard InChI is InChI=1S/C36H44N6O7/c1-20-25(17-38-19-28(20)42(32(45)48-35(5,6)7)33(46)49-36(8,9)10)22-13-23-16-29(41-30(43)24-14-21(24)11-12-37)39-18-26(23)27(15-22)40-31(44)47-34(2,3)4/h13,15-19,21,24H,11,14H2,1-10H3,(H,40,44)(H,39,41,43)/t21-,24-/m0/s1. The van der Waals surface area contributed by atoms with Gasteiger partial charge in [-0.3, -0.25) is 15.1 Å². The molecule has 4 amide bonds. The number of hydrogen-bond donors (Lipinski definition) is 2. The van der Waals surface area contributed by atoms with E-state index in [1.165, 1.54) is 12.4 Å². The summed E-state index contributed by atoms with van der Waals surface area (Å²) in [7, 11) is 0. The third kappa shape index (κ3) is 9.65. The first kappa shape index (κ1) is 36.6. The second-order valence-corrected chi connectivity index (χ2v) is 15.0. The van der Waals surface area contributed by atoms with E-state index in [-0.39, 0.29) is 23.4 Å². The maximum absolute atomic E-state index is 13.4. The fourth-order valence-corrected chi connectivity index (χ4v) is 5.05. The molecule has 2 aromatic heterocycles. The van der Waals surface area contributed by atoms with Gasteiger partial charge >= 0.3 is 18.3 Å². The van der Waals surface area contributed by atoms with Crippen molar-refractivity contribution in [3.05, 3.63) is 42.4 Å². The van der Waals surface area contributed by atoms with Crippen molar-refractivity contribution in [1.82, 2.24) is 9.97 Å². The molecule has 2 N–H and O–H groups in total. The number of benzene rings is 1. The maximum atomic E-state index is 13.4. The molecule has 1 aliphatic rings. The summed E-state index contributed by atoms with van der Waals surface area (Å²) in [6.07, 6.45) is 2.89. The predicted octanol–water partition coefficient (Wildman–Crippen LogP) is 8.12. The summed E-state index contributed by atoms with van der Waals surface area (Å²) in [5, 5.41) is 15.8. The summed E-state index contributed by atoms with van der Waals surface area (Å²) in [6.45, 7) is 17.1. The van der Waals surface area contributed by atoms with E-state index in [0.29, 0.717) is 51.8 Å². The number of fused-ring (bicyclic) bond motifs is 1. The Kier molecular flexibility index (Phi) is 10.2. The van der Waals surface area contributed by atoms with Crippen LogP contribution in [0.15, 0.2) is 36.8 Å². The molecule has 0 bridgehead atoms. The van der Waals surface area contributed by atoms with Crippen LogP contribution in [0.25, 0.3) is 21.9 Å². The molecule has 1 saturated carbocycles. The van der Waals surface area contributed by atoms with Gasteiger partial charge in [0, 0.05) is 35.7 Å². The summed E-state index contributed by atoms with van der Waals surface area (Å²) in [5.41, 5.74) is -0.481. The van der Waals surface area contributed by atoms with Crippen LogP contribution in [0.4, 0.5) is 31.6 Å². The van der Waals surface area contributed by atoms with Gasteiger partial charge < -0.3 is 19.5 Å². The van der Waals surface area contributed by atoms with E-state index < -0.39 is 35.1 Å². The SMILES string of the molecule is Cc1c(-c2cc(NC(=O)OC(C)(C)C)c3cnc(NC(=O)[C@H]4C[C@@H]4CC#N)cc3c2)cncc1N(C(=O)OC(C)(C)C)C(=O)OC(C)(C)C. The van der Waals surface area contributed by atoms with E-state index in [1.54, 1.807) is 87.6 Å². The van der Waals surface area contributed by atoms with Gasteiger partial charge in [-0.2, -0.15) is 10.2 Å². The number of pyridine rings is 2. The van der Waals surface area contributed by atoms with Crippen LogP contribution in [0.2, 0.25) is 0 Å². The van der Waals surface area contributed by atoms with Crippen molar-refractivity contribution in [3.63, 3.8) is 0 Å². The molecule has 260 valence electrons. The number of carbonyl (C=O) groups excluding carboxylic acids is 4. The molecule has 4 rings (SSSR count). The third-order valence-corrected chi connectivity index (χ3v) is 7.23. The Bertz CT molecular complexity index is 1800. The second-order valence-electron chi connectivity index (χ2n) is 15.0. The summed E-state index contributed by atoms with van der Waals surface area (Å²) in [4.78, 5) is 62.2. The van der Waals surface area contributed by atoms with Crippen LogP contribution in [0.5, 0.6) is 0 Å². The van der Waals surface area contributed by atoms with Crippen molar-refractivity contribution in [1.29, 1.82) is 5.26 Å². The van der Waals surface area contributed by atoms with Crippen molar-refractivity contribution >= 4 is 52.2 Å². The average Bonchev–Trinajstić information content (AvgIpc) is 3.70. The Balaban J connectivity index is 1.82. The Morgan fingerprint density at radius 3 is 2.06 bits per heavy atom. The number of imide groups is 1. The first-order valence-electron chi connectivity index (χ1n) is 16.0. The van der Waals surface area contributed by atoms with Gasteiger partial charge in [0.1, 0.15) is 22.6 Å². The lowest BCUT2D eigenvalue weighted by Gasteiger charge is -2.29. The van der Waals surface area contributed by atoms with Crippen LogP contribution in [0.3, 0.4) is 0 Å². The fraction of sp³-hybridized carbons (Fsp3) is 0.472. The minimum atomic E-state index is -0.936. The van der Waals surface area contributed by atoms with Gasteiger partial charge in [0.15, 0.2) is 0 Å². The van der Waals surface area contributed by atoms with Crippen molar-refractivity contribution in [2.24, 2.45) is 11.8 Å². The highest BCUT2D eigenvalue weighted by Gasteiger charge is 2.42. The lowest BCUT2D eigenvalue weighted by molar-refractivity contribution is -0.117. The molecule has 0 aliphatic heterocycles. The molecule has 1 fully saturated rings. The van der Waals surface area contributed by atoms with Crippen LogP contribution in [-0.4, -0.2) is 51.0 Å². The molecule has 1 aliphatic carbocycles. The Morgan fingerprint density at radius 1 is 0.878 bits per heavy atom. The molecular weight excluding hydrogens is 628 g/mol.